The molecule has 4 heteroatoms. The maximum atomic E-state index is 12.8. The van der Waals surface area contributed by atoms with Gasteiger partial charge < -0.3 is 5.32 Å². The van der Waals surface area contributed by atoms with Crippen LogP contribution in [0.25, 0.3) is 0 Å². The van der Waals surface area contributed by atoms with Gasteiger partial charge in [-0.15, -0.1) is 0 Å². The average Bonchev–Trinajstić information content (AvgIpc) is 2.23. The van der Waals surface area contributed by atoms with Crippen LogP contribution in [0.2, 0.25) is 0 Å². The Bertz CT molecular complexity index is 358. The SMILES string of the molecule is N#CCCCNCc1ccc(F)c(F)c1. The van der Waals surface area contributed by atoms with Gasteiger partial charge in [-0.2, -0.15) is 5.26 Å². The molecule has 0 aromatic heterocycles. The number of nitrogens with one attached hydrogen (secondary N) is 1. The molecule has 0 unspecified atom stereocenters. The van der Waals surface area contributed by atoms with E-state index in [2.05, 4.69) is 5.32 Å². The minimum absolute atomic E-state index is 0.489. The number of benzene rings is 1. The summed E-state index contributed by atoms with van der Waals surface area (Å²) in [5.74, 6) is -1.66. The van der Waals surface area contributed by atoms with Crippen molar-refractivity contribution in [3.8, 4) is 6.07 Å². The summed E-state index contributed by atoms with van der Waals surface area (Å²) < 4.78 is 25.3. The molecule has 1 aromatic carbocycles. The molecule has 2 nitrogen and oxygen atoms in total. The number of unbranched alkanes of at least 4 members (excludes halogenated alkanes) is 1. The van der Waals surface area contributed by atoms with Crippen LogP contribution in [0.1, 0.15) is 18.4 Å². The Morgan fingerprint density at radius 2 is 2.07 bits per heavy atom. The first-order valence-corrected chi connectivity index (χ1v) is 4.75. The molecule has 1 rings (SSSR count). The number of hydrogen-bond acceptors (Lipinski definition) is 2. The summed E-state index contributed by atoms with van der Waals surface area (Å²) in [6.45, 7) is 1.19. The van der Waals surface area contributed by atoms with E-state index in [1.807, 2.05) is 6.07 Å². The summed E-state index contributed by atoms with van der Waals surface area (Å²) >= 11 is 0. The third-order valence-corrected chi connectivity index (χ3v) is 1.96. The third kappa shape index (κ3) is 4.05. The Labute approximate surface area is 87.5 Å². The Hall–Kier alpha value is -1.47. The largest absolute Gasteiger partial charge is 0.313 e. The highest BCUT2D eigenvalue weighted by Crippen LogP contribution is 2.08. The number of hydrogen-bond donors (Lipinski definition) is 1. The van der Waals surface area contributed by atoms with Crippen molar-refractivity contribution in [1.29, 1.82) is 5.26 Å². The van der Waals surface area contributed by atoms with Gasteiger partial charge in [0.1, 0.15) is 0 Å². The van der Waals surface area contributed by atoms with E-state index in [4.69, 9.17) is 5.26 Å². The standard InChI is InChI=1S/C11H12F2N2/c12-10-4-3-9(7-11(10)13)8-15-6-2-1-5-14/h3-4,7,15H,1-2,6,8H2. The van der Waals surface area contributed by atoms with Crippen LogP contribution in [0, 0.1) is 23.0 Å². The van der Waals surface area contributed by atoms with Crippen LogP contribution in [0.15, 0.2) is 18.2 Å². The maximum Gasteiger partial charge on any atom is 0.159 e. The first kappa shape index (κ1) is 11.6. The predicted molar refractivity (Wildman–Crippen MR) is 52.9 cm³/mol. The van der Waals surface area contributed by atoms with Crippen molar-refractivity contribution < 1.29 is 8.78 Å². The van der Waals surface area contributed by atoms with Crippen LogP contribution in [0.5, 0.6) is 0 Å². The zero-order valence-electron chi connectivity index (χ0n) is 8.26. The molecule has 0 aliphatic heterocycles. The second-order valence-corrected chi connectivity index (χ2v) is 3.19. The molecular formula is C11H12F2N2. The number of halogens is 2. The molecule has 15 heavy (non-hydrogen) atoms. The van der Waals surface area contributed by atoms with Gasteiger partial charge in [-0.1, -0.05) is 6.07 Å². The Morgan fingerprint density at radius 3 is 2.73 bits per heavy atom. The highest BCUT2D eigenvalue weighted by atomic mass is 19.2. The molecule has 0 radical (unpaired) electrons. The lowest BCUT2D eigenvalue weighted by atomic mass is 10.2. The molecule has 0 spiro atoms. The van der Waals surface area contributed by atoms with E-state index in [1.54, 1.807) is 0 Å². The fourth-order valence-electron chi connectivity index (χ4n) is 1.17. The van der Waals surface area contributed by atoms with Gasteiger partial charge in [0, 0.05) is 13.0 Å². The molecule has 0 amide bonds. The Kier molecular flexibility index (Phi) is 4.72. The van der Waals surface area contributed by atoms with Crippen molar-refractivity contribution in [2.24, 2.45) is 0 Å². The van der Waals surface area contributed by atoms with Gasteiger partial charge in [-0.05, 0) is 30.7 Å². The molecule has 1 N–H and O–H groups in total. The van der Waals surface area contributed by atoms with Gasteiger partial charge in [-0.25, -0.2) is 8.78 Å². The summed E-state index contributed by atoms with van der Waals surface area (Å²) in [6.07, 6.45) is 1.27. The molecule has 0 atom stereocenters. The van der Waals surface area contributed by atoms with Crippen molar-refractivity contribution in [1.82, 2.24) is 5.32 Å². The normalized spacial score (nSPS) is 9.93. The fourth-order valence-corrected chi connectivity index (χ4v) is 1.17. The molecular weight excluding hydrogens is 198 g/mol. The van der Waals surface area contributed by atoms with Crippen LogP contribution < -0.4 is 5.32 Å². The van der Waals surface area contributed by atoms with Gasteiger partial charge in [0.2, 0.25) is 0 Å². The van der Waals surface area contributed by atoms with Crippen molar-refractivity contribution in [3.63, 3.8) is 0 Å². The summed E-state index contributed by atoms with van der Waals surface area (Å²) in [6, 6.07) is 5.86. The van der Waals surface area contributed by atoms with Crippen molar-refractivity contribution in [3.05, 3.63) is 35.4 Å². The van der Waals surface area contributed by atoms with Gasteiger partial charge in [0.25, 0.3) is 0 Å². The lowest BCUT2D eigenvalue weighted by molar-refractivity contribution is 0.506. The highest BCUT2D eigenvalue weighted by Gasteiger charge is 2.01. The number of nitriles is 1. The average molecular weight is 210 g/mol. The number of nitrogens with zero attached hydrogens (tertiary/aromatic N) is 1. The maximum absolute atomic E-state index is 12.8. The quantitative estimate of drug-likeness (QED) is 0.757. The molecule has 1 aromatic rings. The predicted octanol–water partition coefficient (Wildman–Crippen LogP) is 2.36. The van der Waals surface area contributed by atoms with Crippen LogP contribution in [-0.2, 0) is 6.54 Å². The summed E-state index contributed by atoms with van der Waals surface area (Å²) in [5.41, 5.74) is 0.700. The molecule has 0 saturated carbocycles. The molecule has 80 valence electrons. The Morgan fingerprint density at radius 1 is 1.27 bits per heavy atom. The van der Waals surface area contributed by atoms with Crippen LogP contribution in [0.4, 0.5) is 8.78 Å². The van der Waals surface area contributed by atoms with Crippen molar-refractivity contribution in [2.45, 2.75) is 19.4 Å². The number of rotatable bonds is 5. The zero-order valence-corrected chi connectivity index (χ0v) is 8.26. The topological polar surface area (TPSA) is 35.8 Å². The monoisotopic (exact) mass is 210 g/mol. The second kappa shape index (κ2) is 6.10. The van der Waals surface area contributed by atoms with E-state index in [0.717, 1.165) is 12.5 Å². The second-order valence-electron chi connectivity index (χ2n) is 3.19. The molecule has 0 aliphatic carbocycles. The highest BCUT2D eigenvalue weighted by molar-refractivity contribution is 5.17. The van der Waals surface area contributed by atoms with Gasteiger partial charge >= 0.3 is 0 Å². The van der Waals surface area contributed by atoms with E-state index in [0.29, 0.717) is 25.1 Å². The molecule has 0 fully saturated rings. The molecule has 0 bridgehead atoms. The lowest BCUT2D eigenvalue weighted by Crippen LogP contribution is -2.14. The van der Waals surface area contributed by atoms with Crippen LogP contribution in [-0.4, -0.2) is 6.54 Å². The van der Waals surface area contributed by atoms with Crippen molar-refractivity contribution >= 4 is 0 Å². The van der Waals surface area contributed by atoms with Crippen molar-refractivity contribution in [2.75, 3.05) is 6.54 Å². The Balaban J connectivity index is 2.32. The van der Waals surface area contributed by atoms with E-state index >= 15 is 0 Å². The van der Waals surface area contributed by atoms with Gasteiger partial charge in [0.15, 0.2) is 11.6 Å². The molecule has 0 aliphatic rings. The van der Waals surface area contributed by atoms with E-state index in [-0.39, 0.29) is 0 Å². The first-order chi connectivity index (χ1) is 7.24. The van der Waals surface area contributed by atoms with Gasteiger partial charge in [-0.3, -0.25) is 0 Å². The minimum atomic E-state index is -0.830. The fraction of sp³-hybridized carbons (Fsp3) is 0.364. The third-order valence-electron chi connectivity index (χ3n) is 1.96. The van der Waals surface area contributed by atoms with Crippen LogP contribution in [0.3, 0.4) is 0 Å². The smallest absolute Gasteiger partial charge is 0.159 e. The molecule has 0 heterocycles. The van der Waals surface area contributed by atoms with E-state index in [9.17, 15) is 8.78 Å². The zero-order chi connectivity index (χ0) is 11.1. The van der Waals surface area contributed by atoms with Gasteiger partial charge in [0.05, 0.1) is 6.07 Å². The minimum Gasteiger partial charge on any atom is -0.313 e. The molecule has 0 saturated heterocycles. The summed E-state index contributed by atoms with van der Waals surface area (Å²) in [7, 11) is 0. The summed E-state index contributed by atoms with van der Waals surface area (Å²) in [5, 5.41) is 11.3. The van der Waals surface area contributed by atoms with E-state index < -0.39 is 11.6 Å². The first-order valence-electron chi connectivity index (χ1n) is 4.75. The van der Waals surface area contributed by atoms with E-state index in [1.165, 1.54) is 12.1 Å². The van der Waals surface area contributed by atoms with Crippen LogP contribution >= 0.6 is 0 Å². The summed E-state index contributed by atoms with van der Waals surface area (Å²) in [4.78, 5) is 0. The lowest BCUT2D eigenvalue weighted by Gasteiger charge is -2.03.